The van der Waals surface area contributed by atoms with E-state index < -0.39 is 0 Å². The Morgan fingerprint density at radius 3 is 2.90 bits per heavy atom. The van der Waals surface area contributed by atoms with Crippen molar-refractivity contribution < 1.29 is 9.53 Å². The van der Waals surface area contributed by atoms with Gasteiger partial charge < -0.3 is 15.0 Å². The van der Waals surface area contributed by atoms with E-state index in [0.717, 1.165) is 18.8 Å². The molecule has 0 saturated carbocycles. The first-order valence-electron chi connectivity index (χ1n) is 6.89. The predicted molar refractivity (Wildman–Crippen MR) is 83.7 cm³/mol. The van der Waals surface area contributed by atoms with Gasteiger partial charge >= 0.3 is 0 Å². The minimum Gasteiger partial charge on any atom is -0.378 e. The van der Waals surface area contributed by atoms with Gasteiger partial charge in [0.15, 0.2) is 0 Å². The Hall–Kier alpha value is -1.10. The molecule has 1 fully saturated rings. The summed E-state index contributed by atoms with van der Waals surface area (Å²) >= 11 is 0. The Morgan fingerprint density at radius 1 is 1.50 bits per heavy atom. The van der Waals surface area contributed by atoms with Crippen LogP contribution in [0.15, 0.2) is 24.3 Å². The number of anilines is 1. The second kappa shape index (κ2) is 8.25. The molecular formula is C15H23ClN2O2. The zero-order valence-electron chi connectivity index (χ0n) is 12.1. The third kappa shape index (κ3) is 4.47. The van der Waals surface area contributed by atoms with Gasteiger partial charge in [0, 0.05) is 31.2 Å². The molecule has 5 heteroatoms. The number of carbonyl (C=O) groups excluding carboxylic acids is 1. The van der Waals surface area contributed by atoms with Crippen molar-refractivity contribution in [3.05, 3.63) is 29.8 Å². The molecule has 1 aromatic carbocycles. The number of benzene rings is 1. The van der Waals surface area contributed by atoms with Crippen LogP contribution in [0.5, 0.6) is 0 Å². The maximum Gasteiger partial charge on any atom is 0.228 e. The molecule has 112 valence electrons. The molecule has 4 nitrogen and oxygen atoms in total. The summed E-state index contributed by atoms with van der Waals surface area (Å²) in [6.07, 6.45) is 0.488. The molecule has 1 heterocycles. The van der Waals surface area contributed by atoms with Crippen LogP contribution in [0, 0.1) is 6.92 Å². The van der Waals surface area contributed by atoms with Gasteiger partial charge in [-0.15, -0.1) is 12.4 Å². The lowest BCUT2D eigenvalue weighted by molar-refractivity contribution is -0.119. The van der Waals surface area contributed by atoms with Crippen LogP contribution in [-0.4, -0.2) is 38.3 Å². The summed E-state index contributed by atoms with van der Waals surface area (Å²) < 4.78 is 5.39. The van der Waals surface area contributed by atoms with Crippen molar-refractivity contribution in [3.63, 3.8) is 0 Å². The molecule has 2 rings (SSSR count). The normalized spacial score (nSPS) is 18.2. The van der Waals surface area contributed by atoms with Crippen LogP contribution in [0.2, 0.25) is 0 Å². The highest BCUT2D eigenvalue weighted by atomic mass is 35.5. The maximum absolute atomic E-state index is 12.4. The lowest BCUT2D eigenvalue weighted by Gasteiger charge is -2.27. The molecule has 1 atom stereocenters. The van der Waals surface area contributed by atoms with Crippen molar-refractivity contribution in [1.82, 2.24) is 5.32 Å². The molecule has 0 spiro atoms. The van der Waals surface area contributed by atoms with Gasteiger partial charge in [-0.05, 0) is 31.5 Å². The van der Waals surface area contributed by atoms with Crippen molar-refractivity contribution in [2.45, 2.75) is 26.3 Å². The van der Waals surface area contributed by atoms with Gasteiger partial charge in [0.2, 0.25) is 5.91 Å². The van der Waals surface area contributed by atoms with E-state index in [4.69, 9.17) is 4.74 Å². The van der Waals surface area contributed by atoms with Gasteiger partial charge in [-0.3, -0.25) is 4.79 Å². The number of morpholine rings is 1. The quantitative estimate of drug-likeness (QED) is 0.926. The summed E-state index contributed by atoms with van der Waals surface area (Å²) in [5.74, 6) is 0.149. The van der Waals surface area contributed by atoms with E-state index >= 15 is 0 Å². The lowest BCUT2D eigenvalue weighted by Crippen LogP contribution is -2.45. The van der Waals surface area contributed by atoms with Crippen LogP contribution in [0.1, 0.15) is 18.9 Å². The van der Waals surface area contributed by atoms with E-state index in [1.807, 2.05) is 43.0 Å². The minimum atomic E-state index is 0. The molecule has 0 bridgehead atoms. The van der Waals surface area contributed by atoms with Crippen LogP contribution < -0.4 is 10.2 Å². The summed E-state index contributed by atoms with van der Waals surface area (Å²) in [4.78, 5) is 14.2. The second-order valence-corrected chi connectivity index (χ2v) is 4.91. The van der Waals surface area contributed by atoms with Gasteiger partial charge in [-0.25, -0.2) is 0 Å². The van der Waals surface area contributed by atoms with E-state index in [9.17, 15) is 4.79 Å². The van der Waals surface area contributed by atoms with Crippen molar-refractivity contribution in [3.8, 4) is 0 Å². The lowest BCUT2D eigenvalue weighted by atomic mass is 10.1. The van der Waals surface area contributed by atoms with E-state index in [1.165, 1.54) is 5.56 Å². The number of hydrogen-bond acceptors (Lipinski definition) is 3. The smallest absolute Gasteiger partial charge is 0.228 e. The summed E-state index contributed by atoms with van der Waals surface area (Å²) in [5, 5.41) is 3.32. The van der Waals surface area contributed by atoms with Crippen molar-refractivity contribution in [2.24, 2.45) is 0 Å². The van der Waals surface area contributed by atoms with Crippen molar-refractivity contribution >= 4 is 24.0 Å². The Morgan fingerprint density at radius 2 is 2.30 bits per heavy atom. The molecule has 1 aliphatic heterocycles. The topological polar surface area (TPSA) is 41.6 Å². The monoisotopic (exact) mass is 298 g/mol. The number of ether oxygens (including phenoxy) is 1. The summed E-state index contributed by atoms with van der Waals surface area (Å²) in [6, 6.07) is 8.20. The molecule has 0 aliphatic carbocycles. The molecule has 20 heavy (non-hydrogen) atoms. The Labute approximate surface area is 126 Å². The maximum atomic E-state index is 12.4. The predicted octanol–water partition coefficient (Wildman–Crippen LogP) is 2.15. The van der Waals surface area contributed by atoms with Gasteiger partial charge in [-0.2, -0.15) is 0 Å². The average Bonchev–Trinajstić information content (AvgIpc) is 2.41. The number of aryl methyl sites for hydroxylation is 1. The fourth-order valence-corrected chi connectivity index (χ4v) is 2.37. The largest absolute Gasteiger partial charge is 0.378 e. The van der Waals surface area contributed by atoms with Crippen LogP contribution in [-0.2, 0) is 9.53 Å². The number of carbonyl (C=O) groups is 1. The van der Waals surface area contributed by atoms with Gasteiger partial charge in [0.05, 0.1) is 13.2 Å². The highest BCUT2D eigenvalue weighted by Gasteiger charge is 2.21. The molecular weight excluding hydrogens is 276 g/mol. The van der Waals surface area contributed by atoms with Crippen molar-refractivity contribution in [1.29, 1.82) is 0 Å². The zero-order chi connectivity index (χ0) is 13.7. The summed E-state index contributed by atoms with van der Waals surface area (Å²) in [6.45, 7) is 6.92. The number of rotatable bonds is 4. The van der Waals surface area contributed by atoms with Crippen LogP contribution in [0.4, 0.5) is 5.69 Å². The molecule has 1 amide bonds. The van der Waals surface area contributed by atoms with Crippen molar-refractivity contribution in [2.75, 3.05) is 31.2 Å². The second-order valence-electron chi connectivity index (χ2n) is 4.91. The third-order valence-corrected chi connectivity index (χ3v) is 3.35. The molecule has 0 radical (unpaired) electrons. The highest BCUT2D eigenvalue weighted by molar-refractivity contribution is 5.93. The minimum absolute atomic E-state index is 0. The number of nitrogens with one attached hydrogen (secondary N) is 1. The standard InChI is InChI=1S/C15H22N2O2.ClH/c1-3-17(14-6-4-5-12(2)9-14)15(18)10-13-11-19-8-7-16-13;/h4-6,9,13,16H,3,7-8,10-11H2,1-2H3;1H. The van der Waals surface area contributed by atoms with Gasteiger partial charge in [0.1, 0.15) is 0 Å². The van der Waals surface area contributed by atoms with Gasteiger partial charge in [0.25, 0.3) is 0 Å². The van der Waals surface area contributed by atoms with Crippen LogP contribution in [0.3, 0.4) is 0 Å². The fraction of sp³-hybridized carbons (Fsp3) is 0.533. The van der Waals surface area contributed by atoms with E-state index in [2.05, 4.69) is 5.32 Å². The van der Waals surface area contributed by atoms with Crippen LogP contribution >= 0.6 is 12.4 Å². The molecule has 1 N–H and O–H groups in total. The first kappa shape index (κ1) is 17.0. The Balaban J connectivity index is 0.00000200. The van der Waals surface area contributed by atoms with Gasteiger partial charge in [-0.1, -0.05) is 12.1 Å². The van der Waals surface area contributed by atoms with E-state index in [0.29, 0.717) is 19.6 Å². The average molecular weight is 299 g/mol. The molecule has 1 saturated heterocycles. The fourth-order valence-electron chi connectivity index (χ4n) is 2.37. The molecule has 1 unspecified atom stereocenters. The van der Waals surface area contributed by atoms with E-state index in [1.54, 1.807) is 0 Å². The summed E-state index contributed by atoms with van der Waals surface area (Å²) in [7, 11) is 0. The first-order valence-corrected chi connectivity index (χ1v) is 6.89. The molecule has 1 aliphatic rings. The molecule has 1 aromatic rings. The Kier molecular flexibility index (Phi) is 6.99. The Bertz CT molecular complexity index is 434. The third-order valence-electron chi connectivity index (χ3n) is 3.35. The summed E-state index contributed by atoms with van der Waals surface area (Å²) in [5.41, 5.74) is 2.15. The zero-order valence-corrected chi connectivity index (χ0v) is 12.9. The highest BCUT2D eigenvalue weighted by Crippen LogP contribution is 2.17. The molecule has 0 aromatic heterocycles. The number of amides is 1. The van der Waals surface area contributed by atoms with Crippen LogP contribution in [0.25, 0.3) is 0 Å². The number of hydrogen-bond donors (Lipinski definition) is 1. The number of nitrogens with zero attached hydrogens (tertiary/aromatic N) is 1. The first-order chi connectivity index (χ1) is 9.20. The number of halogens is 1. The SMILES string of the molecule is CCN(C(=O)CC1COCCN1)c1cccc(C)c1.Cl. The van der Waals surface area contributed by atoms with E-state index in [-0.39, 0.29) is 24.4 Å².